The van der Waals surface area contributed by atoms with Crippen LogP contribution in [0.3, 0.4) is 0 Å². The summed E-state index contributed by atoms with van der Waals surface area (Å²) >= 11 is 7.77. The van der Waals surface area contributed by atoms with E-state index in [9.17, 15) is 14.9 Å². The minimum Gasteiger partial charge on any atom is -0.310 e. The summed E-state index contributed by atoms with van der Waals surface area (Å²) in [5.74, 6) is 0.603. The van der Waals surface area contributed by atoms with Gasteiger partial charge in [0.2, 0.25) is 5.91 Å². The zero-order valence-corrected chi connectivity index (χ0v) is 16.3. The summed E-state index contributed by atoms with van der Waals surface area (Å²) in [5, 5.41) is 18.8. The Morgan fingerprint density at radius 2 is 2.04 bits per heavy atom. The fraction of sp³-hybridized carbons (Fsp3) is 0.158. The van der Waals surface area contributed by atoms with E-state index in [4.69, 9.17) is 11.6 Å². The SMILES string of the molecule is Cc1nn(-c2ccccc2)c2c1[C@@H](c1cc([N+](=O)[O-])ccc1Cl)SCC(=O)N2. The van der Waals surface area contributed by atoms with E-state index in [0.717, 1.165) is 16.9 Å². The number of para-hydroxylation sites is 1. The molecule has 1 N–H and O–H groups in total. The number of nitrogens with zero attached hydrogens (tertiary/aromatic N) is 3. The first kappa shape index (κ1) is 18.5. The van der Waals surface area contributed by atoms with Crippen LogP contribution in [0.15, 0.2) is 48.5 Å². The third-order valence-electron chi connectivity index (χ3n) is 4.48. The number of fused-ring (bicyclic) bond motifs is 1. The molecule has 4 rings (SSSR count). The Hall–Kier alpha value is -2.84. The first-order valence-electron chi connectivity index (χ1n) is 8.46. The van der Waals surface area contributed by atoms with E-state index in [-0.39, 0.29) is 22.6 Å². The molecule has 0 saturated carbocycles. The molecule has 0 saturated heterocycles. The number of nitrogens with one attached hydrogen (secondary N) is 1. The molecule has 2 aromatic carbocycles. The van der Waals surface area contributed by atoms with Crippen LogP contribution < -0.4 is 5.32 Å². The molecule has 3 aromatic rings. The molecule has 0 fully saturated rings. The smallest absolute Gasteiger partial charge is 0.269 e. The van der Waals surface area contributed by atoms with E-state index in [0.29, 0.717) is 16.4 Å². The number of hydrogen-bond acceptors (Lipinski definition) is 5. The summed E-state index contributed by atoms with van der Waals surface area (Å²) in [6.45, 7) is 1.86. The second kappa shape index (κ2) is 7.29. The topological polar surface area (TPSA) is 90.1 Å². The molecule has 142 valence electrons. The Labute approximate surface area is 169 Å². The lowest BCUT2D eigenvalue weighted by Crippen LogP contribution is -2.15. The number of nitro benzene ring substituents is 1. The van der Waals surface area contributed by atoms with Crippen LogP contribution in [0.4, 0.5) is 11.5 Å². The monoisotopic (exact) mass is 414 g/mol. The second-order valence-corrected chi connectivity index (χ2v) is 7.80. The van der Waals surface area contributed by atoms with Crippen molar-refractivity contribution in [1.82, 2.24) is 9.78 Å². The van der Waals surface area contributed by atoms with Gasteiger partial charge < -0.3 is 5.32 Å². The number of benzene rings is 2. The van der Waals surface area contributed by atoms with Crippen molar-refractivity contribution in [2.75, 3.05) is 11.1 Å². The van der Waals surface area contributed by atoms with Gasteiger partial charge in [0.05, 0.1) is 27.3 Å². The van der Waals surface area contributed by atoms with Crippen molar-refractivity contribution < 1.29 is 9.72 Å². The number of amides is 1. The number of carbonyl (C=O) groups excluding carboxylic acids is 1. The van der Waals surface area contributed by atoms with E-state index >= 15 is 0 Å². The summed E-state index contributed by atoms with van der Waals surface area (Å²) in [4.78, 5) is 23.2. The van der Waals surface area contributed by atoms with Crippen molar-refractivity contribution in [3.8, 4) is 5.69 Å². The van der Waals surface area contributed by atoms with Crippen LogP contribution in [0, 0.1) is 17.0 Å². The van der Waals surface area contributed by atoms with Crippen molar-refractivity contribution >= 4 is 40.8 Å². The molecule has 0 aliphatic carbocycles. The number of hydrogen-bond donors (Lipinski definition) is 1. The van der Waals surface area contributed by atoms with Gasteiger partial charge in [-0.3, -0.25) is 14.9 Å². The molecule has 1 aliphatic heterocycles. The van der Waals surface area contributed by atoms with Crippen LogP contribution in [0.1, 0.15) is 22.1 Å². The van der Waals surface area contributed by atoms with Crippen LogP contribution in [0.2, 0.25) is 5.02 Å². The predicted molar refractivity (Wildman–Crippen MR) is 109 cm³/mol. The summed E-state index contributed by atoms with van der Waals surface area (Å²) in [5.41, 5.74) is 2.87. The fourth-order valence-corrected chi connectivity index (χ4v) is 4.74. The molecule has 1 atom stereocenters. The third-order valence-corrected chi connectivity index (χ3v) is 6.08. The molecule has 1 aliphatic rings. The molecule has 0 radical (unpaired) electrons. The average molecular weight is 415 g/mol. The summed E-state index contributed by atoms with van der Waals surface area (Å²) in [6.07, 6.45) is 0. The van der Waals surface area contributed by atoms with E-state index < -0.39 is 4.92 Å². The van der Waals surface area contributed by atoms with E-state index in [1.165, 1.54) is 30.0 Å². The molecule has 2 heterocycles. The molecule has 28 heavy (non-hydrogen) atoms. The molecular weight excluding hydrogens is 400 g/mol. The number of thioether (sulfide) groups is 1. The minimum atomic E-state index is -0.453. The van der Waals surface area contributed by atoms with Crippen LogP contribution in [-0.2, 0) is 4.79 Å². The molecule has 0 unspecified atom stereocenters. The summed E-state index contributed by atoms with van der Waals surface area (Å²) in [6, 6.07) is 13.8. The highest BCUT2D eigenvalue weighted by Gasteiger charge is 2.32. The number of anilines is 1. The Balaban J connectivity index is 1.92. The quantitative estimate of drug-likeness (QED) is 0.502. The van der Waals surface area contributed by atoms with Crippen LogP contribution in [0.5, 0.6) is 0 Å². The number of nitro groups is 1. The van der Waals surface area contributed by atoms with Crippen LogP contribution in [-0.4, -0.2) is 26.4 Å². The van der Waals surface area contributed by atoms with Crippen LogP contribution >= 0.6 is 23.4 Å². The number of non-ortho nitro benzene ring substituents is 1. The Bertz CT molecular complexity index is 1080. The van der Waals surface area contributed by atoms with Gasteiger partial charge in [0.15, 0.2) is 0 Å². The first-order chi connectivity index (χ1) is 13.5. The lowest BCUT2D eigenvalue weighted by molar-refractivity contribution is -0.384. The first-order valence-corrected chi connectivity index (χ1v) is 9.88. The zero-order chi connectivity index (χ0) is 19.8. The second-order valence-electron chi connectivity index (χ2n) is 6.30. The maximum Gasteiger partial charge on any atom is 0.269 e. The third kappa shape index (κ3) is 3.25. The normalized spacial score (nSPS) is 16.2. The van der Waals surface area contributed by atoms with Gasteiger partial charge in [0, 0.05) is 22.7 Å². The molecule has 1 amide bonds. The lowest BCUT2D eigenvalue weighted by Gasteiger charge is -2.16. The fourth-order valence-electron chi connectivity index (χ4n) is 3.23. The Morgan fingerprint density at radius 1 is 1.29 bits per heavy atom. The Kier molecular flexibility index (Phi) is 4.82. The maximum atomic E-state index is 12.4. The van der Waals surface area contributed by atoms with Crippen molar-refractivity contribution in [1.29, 1.82) is 0 Å². The standard InChI is InChI=1S/C19H15ClN4O3S/c1-11-17-18(14-9-13(24(26)27)7-8-15(14)20)28-10-16(25)21-19(17)23(22-11)12-5-3-2-4-6-12/h2-9,18H,10H2,1H3,(H,21,25)/t18-/m1/s1. The lowest BCUT2D eigenvalue weighted by atomic mass is 10.0. The Morgan fingerprint density at radius 3 is 2.75 bits per heavy atom. The van der Waals surface area contributed by atoms with Crippen molar-refractivity contribution in [2.24, 2.45) is 0 Å². The largest absolute Gasteiger partial charge is 0.310 e. The number of aromatic nitrogens is 2. The minimum absolute atomic E-state index is 0.0433. The van der Waals surface area contributed by atoms with Crippen LogP contribution in [0.25, 0.3) is 5.69 Å². The van der Waals surface area contributed by atoms with Crippen molar-refractivity contribution in [2.45, 2.75) is 12.2 Å². The number of rotatable bonds is 3. The molecule has 0 bridgehead atoms. The highest BCUT2D eigenvalue weighted by atomic mass is 35.5. The van der Waals surface area contributed by atoms with Gasteiger partial charge >= 0.3 is 0 Å². The van der Waals surface area contributed by atoms with Gasteiger partial charge in [-0.05, 0) is 30.7 Å². The van der Waals surface area contributed by atoms with Crippen molar-refractivity contribution in [3.05, 3.63) is 80.5 Å². The van der Waals surface area contributed by atoms with Gasteiger partial charge in [-0.25, -0.2) is 4.68 Å². The van der Waals surface area contributed by atoms with E-state index in [1.54, 1.807) is 4.68 Å². The van der Waals surface area contributed by atoms with Gasteiger partial charge in [-0.2, -0.15) is 5.10 Å². The summed E-state index contributed by atoms with van der Waals surface area (Å²) in [7, 11) is 0. The van der Waals surface area contributed by atoms with E-state index in [1.807, 2.05) is 37.3 Å². The molecule has 1 aromatic heterocycles. The van der Waals surface area contributed by atoms with Gasteiger partial charge in [0.25, 0.3) is 5.69 Å². The summed E-state index contributed by atoms with van der Waals surface area (Å²) < 4.78 is 1.69. The number of carbonyl (C=O) groups is 1. The number of halogens is 1. The molecule has 9 heteroatoms. The highest BCUT2D eigenvalue weighted by molar-refractivity contribution is 8.00. The highest BCUT2D eigenvalue weighted by Crippen LogP contribution is 2.46. The maximum absolute atomic E-state index is 12.4. The molecule has 7 nitrogen and oxygen atoms in total. The van der Waals surface area contributed by atoms with Crippen molar-refractivity contribution in [3.63, 3.8) is 0 Å². The molecule has 0 spiro atoms. The zero-order valence-electron chi connectivity index (χ0n) is 14.8. The van der Waals surface area contributed by atoms with E-state index in [2.05, 4.69) is 10.4 Å². The number of aryl methyl sites for hydroxylation is 1. The van der Waals surface area contributed by atoms with Gasteiger partial charge in [-0.15, -0.1) is 11.8 Å². The molecular formula is C19H15ClN4O3S. The predicted octanol–water partition coefficient (Wildman–Crippen LogP) is 4.52. The van der Waals surface area contributed by atoms with Gasteiger partial charge in [-0.1, -0.05) is 29.8 Å². The average Bonchev–Trinajstić information content (AvgIpc) is 2.89. The van der Waals surface area contributed by atoms with Gasteiger partial charge in [0.1, 0.15) is 5.82 Å².